The molecule has 0 atom stereocenters. The lowest BCUT2D eigenvalue weighted by molar-refractivity contribution is -0.137. The Morgan fingerprint density at radius 2 is 1.64 bits per heavy atom. The number of benzene rings is 2. The summed E-state index contributed by atoms with van der Waals surface area (Å²) < 4.78 is 38.2. The fourth-order valence-electron chi connectivity index (χ4n) is 2.21. The van der Waals surface area contributed by atoms with Crippen molar-refractivity contribution in [3.05, 3.63) is 47.0 Å². The average Bonchev–Trinajstić information content (AvgIpc) is 2.86. The molecule has 1 heterocycles. The van der Waals surface area contributed by atoms with Gasteiger partial charge in [-0.2, -0.15) is 18.0 Å². The van der Waals surface area contributed by atoms with Gasteiger partial charge in [0.1, 0.15) is 16.8 Å². The van der Waals surface area contributed by atoms with Crippen LogP contribution in [0.15, 0.2) is 30.3 Å². The van der Waals surface area contributed by atoms with Crippen LogP contribution in [0, 0.1) is 13.8 Å². The van der Waals surface area contributed by atoms with E-state index in [1.165, 1.54) is 16.9 Å². The van der Waals surface area contributed by atoms with Gasteiger partial charge in [0, 0.05) is 0 Å². The summed E-state index contributed by atoms with van der Waals surface area (Å²) in [6.45, 7) is 3.54. The van der Waals surface area contributed by atoms with E-state index in [2.05, 4.69) is 10.2 Å². The first-order chi connectivity index (χ1) is 10.3. The minimum absolute atomic E-state index is 0.150. The highest BCUT2D eigenvalue weighted by Crippen LogP contribution is 2.31. The van der Waals surface area contributed by atoms with Crippen molar-refractivity contribution in [3.8, 4) is 11.4 Å². The number of aromatic nitrogens is 3. The fraction of sp³-hybridized carbons (Fsp3) is 0.200. The van der Waals surface area contributed by atoms with E-state index >= 15 is 0 Å². The standard InChI is InChI=1S/C15H12F3N3O/c1-8-9(2)14(22)6-5-13(8)21-19-11-4-3-10(15(16,17)18)7-12(11)20-21/h3-7,22H,1-2H3. The predicted octanol–water partition coefficient (Wildman–Crippen LogP) is 3.76. The molecule has 0 amide bonds. The Hall–Kier alpha value is -2.57. The molecule has 7 heteroatoms. The summed E-state index contributed by atoms with van der Waals surface area (Å²) in [5.74, 6) is 0.150. The molecule has 0 radical (unpaired) electrons. The van der Waals surface area contributed by atoms with Gasteiger partial charge < -0.3 is 5.11 Å². The first-order valence-corrected chi connectivity index (χ1v) is 6.51. The summed E-state index contributed by atoms with van der Waals surface area (Å²) in [7, 11) is 0. The molecule has 0 aliphatic rings. The lowest BCUT2D eigenvalue weighted by Gasteiger charge is -2.08. The monoisotopic (exact) mass is 307 g/mol. The van der Waals surface area contributed by atoms with Gasteiger partial charge in [0.2, 0.25) is 0 Å². The van der Waals surface area contributed by atoms with Crippen molar-refractivity contribution in [1.29, 1.82) is 0 Å². The average molecular weight is 307 g/mol. The zero-order valence-electron chi connectivity index (χ0n) is 11.8. The Kier molecular flexibility index (Phi) is 3.09. The molecule has 0 saturated heterocycles. The number of phenolic OH excluding ortho intramolecular Hbond substituents is 1. The Labute approximate surface area is 123 Å². The second kappa shape index (κ2) is 4.72. The Morgan fingerprint density at radius 3 is 2.32 bits per heavy atom. The van der Waals surface area contributed by atoms with E-state index in [-0.39, 0.29) is 11.3 Å². The van der Waals surface area contributed by atoms with Gasteiger partial charge in [0.15, 0.2) is 0 Å². The van der Waals surface area contributed by atoms with E-state index in [1.54, 1.807) is 19.9 Å². The third kappa shape index (κ3) is 2.28. The molecule has 3 rings (SSSR count). The van der Waals surface area contributed by atoms with Crippen molar-refractivity contribution in [2.24, 2.45) is 0 Å². The van der Waals surface area contributed by atoms with Crippen LogP contribution in [0.25, 0.3) is 16.7 Å². The number of aromatic hydroxyl groups is 1. The molecule has 0 saturated carbocycles. The van der Waals surface area contributed by atoms with Crippen LogP contribution < -0.4 is 0 Å². The molecule has 0 aliphatic heterocycles. The maximum atomic E-state index is 12.7. The van der Waals surface area contributed by atoms with Gasteiger partial charge >= 0.3 is 6.18 Å². The van der Waals surface area contributed by atoms with Crippen molar-refractivity contribution in [1.82, 2.24) is 15.0 Å². The summed E-state index contributed by atoms with van der Waals surface area (Å²) in [4.78, 5) is 1.28. The molecule has 1 N–H and O–H groups in total. The third-order valence-electron chi connectivity index (χ3n) is 3.65. The highest BCUT2D eigenvalue weighted by atomic mass is 19.4. The van der Waals surface area contributed by atoms with Crippen molar-refractivity contribution in [2.45, 2.75) is 20.0 Å². The van der Waals surface area contributed by atoms with E-state index in [0.29, 0.717) is 16.8 Å². The molecule has 0 bridgehead atoms. The number of nitrogens with zero attached hydrogens (tertiary/aromatic N) is 3. The summed E-state index contributed by atoms with van der Waals surface area (Å²) in [5.41, 5.74) is 1.83. The second-order valence-corrected chi connectivity index (χ2v) is 5.04. The molecule has 4 nitrogen and oxygen atoms in total. The zero-order valence-corrected chi connectivity index (χ0v) is 11.8. The first-order valence-electron chi connectivity index (χ1n) is 6.51. The minimum Gasteiger partial charge on any atom is -0.508 e. The maximum Gasteiger partial charge on any atom is 0.416 e. The van der Waals surface area contributed by atoms with Crippen molar-refractivity contribution < 1.29 is 18.3 Å². The zero-order chi connectivity index (χ0) is 16.1. The molecule has 0 unspecified atom stereocenters. The van der Waals surface area contributed by atoms with Crippen LogP contribution >= 0.6 is 0 Å². The first kappa shape index (κ1) is 14.4. The maximum absolute atomic E-state index is 12.7. The Balaban J connectivity index is 2.15. The van der Waals surface area contributed by atoms with Gasteiger partial charge in [-0.3, -0.25) is 0 Å². The molecule has 2 aromatic carbocycles. The summed E-state index contributed by atoms with van der Waals surface area (Å²) in [6, 6.07) is 6.38. The molecule has 1 aromatic heterocycles. The van der Waals surface area contributed by atoms with Crippen molar-refractivity contribution in [3.63, 3.8) is 0 Å². The fourth-order valence-corrected chi connectivity index (χ4v) is 2.21. The summed E-state index contributed by atoms with van der Waals surface area (Å²) in [5, 5.41) is 18.0. The largest absolute Gasteiger partial charge is 0.508 e. The summed E-state index contributed by atoms with van der Waals surface area (Å²) >= 11 is 0. The van der Waals surface area contributed by atoms with Crippen LogP contribution in [0.5, 0.6) is 5.75 Å². The van der Waals surface area contributed by atoms with Crippen LogP contribution in [0.2, 0.25) is 0 Å². The number of fused-ring (bicyclic) bond motifs is 1. The van der Waals surface area contributed by atoms with E-state index in [1.807, 2.05) is 0 Å². The van der Waals surface area contributed by atoms with Crippen molar-refractivity contribution >= 4 is 11.0 Å². The molecule has 114 valence electrons. The number of hydrogen-bond acceptors (Lipinski definition) is 3. The molecule has 0 spiro atoms. The van der Waals surface area contributed by atoms with Gasteiger partial charge in [-0.1, -0.05) is 0 Å². The molecule has 0 aliphatic carbocycles. The van der Waals surface area contributed by atoms with E-state index < -0.39 is 11.7 Å². The minimum atomic E-state index is -4.41. The van der Waals surface area contributed by atoms with Crippen molar-refractivity contribution in [2.75, 3.05) is 0 Å². The van der Waals surface area contributed by atoms with Crippen LogP contribution in [0.1, 0.15) is 16.7 Å². The molecular weight excluding hydrogens is 295 g/mol. The SMILES string of the molecule is Cc1c(O)ccc(-n2nc3ccc(C(F)(F)F)cc3n2)c1C. The van der Waals surface area contributed by atoms with Gasteiger partial charge in [-0.15, -0.1) is 10.2 Å². The highest BCUT2D eigenvalue weighted by molar-refractivity contribution is 5.75. The smallest absolute Gasteiger partial charge is 0.416 e. The normalized spacial score (nSPS) is 12.0. The Bertz CT molecular complexity index is 868. The quantitative estimate of drug-likeness (QED) is 0.744. The molecule has 3 aromatic rings. The van der Waals surface area contributed by atoms with Gasteiger partial charge in [-0.05, 0) is 55.3 Å². The lowest BCUT2D eigenvalue weighted by atomic mass is 10.1. The van der Waals surface area contributed by atoms with E-state index in [4.69, 9.17) is 0 Å². The van der Waals surface area contributed by atoms with Crippen LogP contribution in [-0.2, 0) is 6.18 Å². The van der Waals surface area contributed by atoms with E-state index in [9.17, 15) is 18.3 Å². The van der Waals surface area contributed by atoms with E-state index in [0.717, 1.165) is 17.7 Å². The lowest BCUT2D eigenvalue weighted by Crippen LogP contribution is -2.04. The number of rotatable bonds is 1. The summed E-state index contributed by atoms with van der Waals surface area (Å²) in [6.07, 6.45) is -4.41. The molecule has 22 heavy (non-hydrogen) atoms. The highest BCUT2D eigenvalue weighted by Gasteiger charge is 2.31. The number of hydrogen-bond donors (Lipinski definition) is 1. The van der Waals surface area contributed by atoms with Crippen LogP contribution in [-0.4, -0.2) is 20.1 Å². The van der Waals surface area contributed by atoms with Crippen LogP contribution in [0.3, 0.4) is 0 Å². The Morgan fingerprint density at radius 1 is 0.955 bits per heavy atom. The third-order valence-corrected chi connectivity index (χ3v) is 3.65. The number of alkyl halides is 3. The number of halogens is 3. The molecular formula is C15H12F3N3O. The predicted molar refractivity (Wildman–Crippen MR) is 75.0 cm³/mol. The van der Waals surface area contributed by atoms with Gasteiger partial charge in [-0.25, -0.2) is 0 Å². The topological polar surface area (TPSA) is 50.9 Å². The molecule has 0 fully saturated rings. The van der Waals surface area contributed by atoms with Gasteiger partial charge in [0.25, 0.3) is 0 Å². The van der Waals surface area contributed by atoms with Gasteiger partial charge in [0.05, 0.1) is 11.3 Å². The van der Waals surface area contributed by atoms with Crippen LogP contribution in [0.4, 0.5) is 13.2 Å². The second-order valence-electron chi connectivity index (χ2n) is 5.04. The number of phenols is 1.